The molecule has 3 nitrogen and oxygen atoms in total. The number of hydrogen-bond acceptors (Lipinski definition) is 2. The van der Waals surface area contributed by atoms with E-state index in [1.54, 1.807) is 0 Å². The molecule has 1 radical (unpaired) electrons. The fourth-order valence-corrected chi connectivity index (χ4v) is 0. The predicted molar refractivity (Wildman–Crippen MR) is 32.6 cm³/mol. The largest absolute Gasteiger partial charge is 0.284 e. The molecule has 6 heteroatoms. The average Bonchev–Trinajstić information content (AvgIpc) is 1.31. The van der Waals surface area contributed by atoms with E-state index in [1.165, 1.54) is 6.92 Å². The fraction of sp³-hybridized carbons (Fsp3) is 1.00. The van der Waals surface area contributed by atoms with E-state index in [2.05, 4.69) is 0 Å². The Morgan fingerprint density at radius 2 is 1.75 bits per heavy atom. The zero-order valence-corrected chi connectivity index (χ0v) is 8.20. The molecule has 0 aromatic heterocycles. The third-order valence-electron chi connectivity index (χ3n) is 0.410. The summed E-state index contributed by atoms with van der Waals surface area (Å²) in [4.78, 5) is 0. The number of rotatable bonds is 1. The summed E-state index contributed by atoms with van der Waals surface area (Å²) in [6.07, 6.45) is 0. The molecule has 0 aromatic rings. The van der Waals surface area contributed by atoms with Crippen LogP contribution in [0.1, 0.15) is 6.92 Å². The van der Waals surface area contributed by atoms with Crippen LogP contribution in [0.15, 0.2) is 0 Å². The summed E-state index contributed by atoms with van der Waals surface area (Å²) in [6, 6.07) is 0. The molecular formula is C2H5ClNaO3S. The predicted octanol–water partition coefficient (Wildman–Crippen LogP) is 0.0782. The molecule has 0 rings (SSSR count). The molecule has 45 valence electrons. The average molecular weight is 168 g/mol. The van der Waals surface area contributed by atoms with Crippen LogP contribution in [0.25, 0.3) is 0 Å². The van der Waals surface area contributed by atoms with Crippen molar-refractivity contribution in [2.24, 2.45) is 0 Å². The van der Waals surface area contributed by atoms with Gasteiger partial charge in [-0.15, -0.1) is 11.6 Å². The maximum absolute atomic E-state index is 9.75. The van der Waals surface area contributed by atoms with Gasteiger partial charge in [0.25, 0.3) is 10.1 Å². The first-order valence-electron chi connectivity index (χ1n) is 1.55. The van der Waals surface area contributed by atoms with E-state index in [0.29, 0.717) is 0 Å². The molecule has 1 N–H and O–H groups in total. The third kappa shape index (κ3) is 5.34. The topological polar surface area (TPSA) is 54.4 Å². The van der Waals surface area contributed by atoms with Crippen molar-refractivity contribution in [1.29, 1.82) is 0 Å². The minimum Gasteiger partial charge on any atom is -0.284 e. The molecule has 1 unspecified atom stereocenters. The molecule has 0 aliphatic heterocycles. The molecule has 0 saturated carbocycles. The smallest absolute Gasteiger partial charge is 0.281 e. The Hall–Kier alpha value is 1.20. The Kier molecular flexibility index (Phi) is 6.09. The first kappa shape index (κ1) is 11.9. The Balaban J connectivity index is 0. The SMILES string of the molecule is CC(Cl)S(=O)(=O)O.[Na]. The second-order valence-electron chi connectivity index (χ2n) is 1.06. The normalized spacial score (nSPS) is 14.4. The van der Waals surface area contributed by atoms with E-state index in [1.807, 2.05) is 0 Å². The molecule has 0 spiro atoms. The van der Waals surface area contributed by atoms with Crippen molar-refractivity contribution in [3.8, 4) is 0 Å². The van der Waals surface area contributed by atoms with Crippen molar-refractivity contribution in [2.45, 2.75) is 11.6 Å². The van der Waals surface area contributed by atoms with E-state index in [-0.39, 0.29) is 29.6 Å². The standard InChI is InChI=1S/C2H5ClO3S.Na/c1-2(3)7(4,5)6;/h2H,1H3,(H,4,5,6);. The van der Waals surface area contributed by atoms with Gasteiger partial charge in [0.05, 0.1) is 0 Å². The molecule has 0 amide bonds. The van der Waals surface area contributed by atoms with Crippen LogP contribution in [-0.2, 0) is 10.1 Å². The van der Waals surface area contributed by atoms with Gasteiger partial charge >= 0.3 is 0 Å². The molecular weight excluding hydrogens is 163 g/mol. The summed E-state index contributed by atoms with van der Waals surface area (Å²) < 4.78 is 26.2. The van der Waals surface area contributed by atoms with Crippen molar-refractivity contribution in [2.75, 3.05) is 0 Å². The number of hydrogen-bond donors (Lipinski definition) is 1. The molecule has 0 bridgehead atoms. The minimum absolute atomic E-state index is 0. The van der Waals surface area contributed by atoms with E-state index in [4.69, 9.17) is 16.2 Å². The first-order valence-corrected chi connectivity index (χ1v) is 3.49. The van der Waals surface area contributed by atoms with Crippen LogP contribution in [0.5, 0.6) is 0 Å². The summed E-state index contributed by atoms with van der Waals surface area (Å²) in [5.74, 6) is 0. The van der Waals surface area contributed by atoms with Gasteiger partial charge in [0, 0.05) is 29.6 Å². The zero-order chi connectivity index (χ0) is 6.08. The summed E-state index contributed by atoms with van der Waals surface area (Å²) >= 11 is 4.92. The zero-order valence-electron chi connectivity index (χ0n) is 4.63. The van der Waals surface area contributed by atoms with Crippen LogP contribution in [0.2, 0.25) is 0 Å². The van der Waals surface area contributed by atoms with Crippen LogP contribution in [0.4, 0.5) is 0 Å². The van der Waals surface area contributed by atoms with Crippen molar-refractivity contribution in [1.82, 2.24) is 0 Å². The molecule has 8 heavy (non-hydrogen) atoms. The van der Waals surface area contributed by atoms with Gasteiger partial charge < -0.3 is 0 Å². The van der Waals surface area contributed by atoms with Crippen molar-refractivity contribution in [3.05, 3.63) is 0 Å². The van der Waals surface area contributed by atoms with Gasteiger partial charge in [0.15, 0.2) is 4.71 Å². The molecule has 0 aliphatic rings. The van der Waals surface area contributed by atoms with Crippen molar-refractivity contribution in [3.63, 3.8) is 0 Å². The second kappa shape index (κ2) is 4.09. The van der Waals surface area contributed by atoms with E-state index in [9.17, 15) is 8.42 Å². The van der Waals surface area contributed by atoms with Crippen LogP contribution in [0, 0.1) is 0 Å². The van der Waals surface area contributed by atoms with Crippen molar-refractivity contribution >= 4 is 51.3 Å². The Bertz CT molecular complexity index is 139. The molecule has 0 aromatic carbocycles. The van der Waals surface area contributed by atoms with Crippen LogP contribution in [-0.4, -0.2) is 47.2 Å². The molecule has 0 saturated heterocycles. The van der Waals surface area contributed by atoms with Gasteiger partial charge in [0.1, 0.15) is 0 Å². The summed E-state index contributed by atoms with van der Waals surface area (Å²) in [5.41, 5.74) is 0. The molecule has 0 heterocycles. The van der Waals surface area contributed by atoms with E-state index < -0.39 is 14.8 Å². The van der Waals surface area contributed by atoms with Crippen LogP contribution >= 0.6 is 11.6 Å². The van der Waals surface area contributed by atoms with Crippen molar-refractivity contribution < 1.29 is 13.0 Å². The van der Waals surface area contributed by atoms with Gasteiger partial charge in [0.2, 0.25) is 0 Å². The Morgan fingerprint density at radius 3 is 1.75 bits per heavy atom. The fourth-order valence-electron chi connectivity index (χ4n) is 0. The first-order chi connectivity index (χ1) is 2.94. The maximum Gasteiger partial charge on any atom is 0.281 e. The number of halogens is 1. The summed E-state index contributed by atoms with van der Waals surface area (Å²) in [5, 5.41) is 0. The Labute approximate surface area is 75.4 Å². The van der Waals surface area contributed by atoms with Gasteiger partial charge in [-0.2, -0.15) is 8.42 Å². The molecule has 1 atom stereocenters. The van der Waals surface area contributed by atoms with Crippen LogP contribution in [0.3, 0.4) is 0 Å². The second-order valence-corrected chi connectivity index (χ2v) is 3.71. The van der Waals surface area contributed by atoms with Gasteiger partial charge in [-0.1, -0.05) is 0 Å². The van der Waals surface area contributed by atoms with E-state index >= 15 is 0 Å². The number of alkyl halides is 1. The summed E-state index contributed by atoms with van der Waals surface area (Å²) in [6.45, 7) is 1.18. The monoisotopic (exact) mass is 167 g/mol. The maximum atomic E-state index is 9.75. The molecule has 0 fully saturated rings. The quantitative estimate of drug-likeness (QED) is 0.342. The minimum atomic E-state index is -3.98. The van der Waals surface area contributed by atoms with Gasteiger partial charge in [-0.3, -0.25) is 4.55 Å². The van der Waals surface area contributed by atoms with E-state index in [0.717, 1.165) is 0 Å². The van der Waals surface area contributed by atoms with Gasteiger partial charge in [-0.05, 0) is 6.92 Å². The molecule has 0 aliphatic carbocycles. The van der Waals surface area contributed by atoms with Gasteiger partial charge in [-0.25, -0.2) is 0 Å². The van der Waals surface area contributed by atoms with Crippen LogP contribution < -0.4 is 0 Å². The Morgan fingerprint density at radius 1 is 1.62 bits per heavy atom. The third-order valence-corrected chi connectivity index (χ3v) is 1.91. The summed E-state index contributed by atoms with van der Waals surface area (Å²) in [7, 11) is -3.98.